The van der Waals surface area contributed by atoms with Crippen LogP contribution in [0.5, 0.6) is 0 Å². The van der Waals surface area contributed by atoms with Gasteiger partial charge in [0.15, 0.2) is 0 Å². The van der Waals surface area contributed by atoms with Crippen molar-refractivity contribution in [1.29, 1.82) is 5.26 Å². The van der Waals surface area contributed by atoms with E-state index in [9.17, 15) is 9.59 Å². The van der Waals surface area contributed by atoms with Crippen LogP contribution in [0.3, 0.4) is 0 Å². The van der Waals surface area contributed by atoms with Crippen LogP contribution in [-0.4, -0.2) is 34.2 Å². The monoisotopic (exact) mass is 365 g/mol. The smallest absolute Gasteiger partial charge is 0.254 e. The number of aryl methyl sites for hydroxylation is 1. The lowest BCUT2D eigenvalue weighted by molar-refractivity contribution is 0.0930. The molecule has 1 aliphatic heterocycles. The molecule has 2 aromatic rings. The zero-order chi connectivity index (χ0) is 19.4. The summed E-state index contributed by atoms with van der Waals surface area (Å²) in [5.41, 5.74) is 2.61. The first-order valence-corrected chi connectivity index (χ1v) is 9.12. The molecule has 2 heterocycles. The van der Waals surface area contributed by atoms with Crippen LogP contribution in [0.4, 0.5) is 0 Å². The SMILES string of the molecule is CC(C)NC(=O)c1cnn2c1C[C@@H](CNC(=O)c1ccc(C#N)cc1)CC2. The topological polar surface area (TPSA) is 99.8 Å². The van der Waals surface area contributed by atoms with Gasteiger partial charge in [0.2, 0.25) is 0 Å². The van der Waals surface area contributed by atoms with Crippen LogP contribution in [0.25, 0.3) is 0 Å². The Balaban J connectivity index is 1.61. The lowest BCUT2D eigenvalue weighted by Crippen LogP contribution is -2.35. The van der Waals surface area contributed by atoms with E-state index in [1.165, 1.54) is 0 Å². The maximum absolute atomic E-state index is 12.3. The van der Waals surface area contributed by atoms with Gasteiger partial charge in [-0.2, -0.15) is 10.4 Å². The lowest BCUT2D eigenvalue weighted by atomic mass is 9.94. The van der Waals surface area contributed by atoms with Gasteiger partial charge in [0.1, 0.15) is 0 Å². The van der Waals surface area contributed by atoms with Crippen LogP contribution in [0.2, 0.25) is 0 Å². The Morgan fingerprint density at radius 3 is 2.70 bits per heavy atom. The molecule has 7 nitrogen and oxygen atoms in total. The highest BCUT2D eigenvalue weighted by Gasteiger charge is 2.25. The molecule has 0 fully saturated rings. The van der Waals surface area contributed by atoms with E-state index in [4.69, 9.17) is 5.26 Å². The first-order chi connectivity index (χ1) is 13.0. The Bertz CT molecular complexity index is 877. The molecule has 3 rings (SSSR count). The molecule has 0 saturated carbocycles. The molecule has 27 heavy (non-hydrogen) atoms. The van der Waals surface area contributed by atoms with Crippen LogP contribution < -0.4 is 10.6 Å². The number of rotatable bonds is 5. The van der Waals surface area contributed by atoms with Gasteiger partial charge >= 0.3 is 0 Å². The van der Waals surface area contributed by atoms with E-state index in [1.807, 2.05) is 24.6 Å². The fourth-order valence-electron chi connectivity index (χ4n) is 3.24. The molecule has 2 N–H and O–H groups in total. The molecular formula is C20H23N5O2. The third kappa shape index (κ3) is 4.34. The predicted molar refractivity (Wildman–Crippen MR) is 100 cm³/mol. The Labute approximate surface area is 158 Å². The van der Waals surface area contributed by atoms with Gasteiger partial charge in [0, 0.05) is 24.7 Å². The number of nitrogens with one attached hydrogen (secondary N) is 2. The van der Waals surface area contributed by atoms with Crippen molar-refractivity contribution in [2.45, 2.75) is 39.3 Å². The molecule has 2 amide bonds. The zero-order valence-electron chi connectivity index (χ0n) is 15.5. The van der Waals surface area contributed by atoms with Crippen molar-refractivity contribution in [2.24, 2.45) is 5.92 Å². The summed E-state index contributed by atoms with van der Waals surface area (Å²) in [7, 11) is 0. The molecular weight excluding hydrogens is 342 g/mol. The van der Waals surface area contributed by atoms with Crippen molar-refractivity contribution in [2.75, 3.05) is 6.54 Å². The highest BCUT2D eigenvalue weighted by atomic mass is 16.2. The number of nitriles is 1. The molecule has 0 radical (unpaired) electrons. The average Bonchev–Trinajstić information content (AvgIpc) is 3.09. The Hall–Kier alpha value is -3.14. The fourth-order valence-corrected chi connectivity index (χ4v) is 3.24. The number of fused-ring (bicyclic) bond motifs is 1. The normalized spacial score (nSPS) is 15.7. The van der Waals surface area contributed by atoms with Crippen LogP contribution >= 0.6 is 0 Å². The third-order valence-electron chi connectivity index (χ3n) is 4.67. The summed E-state index contributed by atoms with van der Waals surface area (Å²) in [6, 6.07) is 8.67. The van der Waals surface area contributed by atoms with Gasteiger partial charge in [0.05, 0.1) is 29.1 Å². The minimum atomic E-state index is -0.156. The largest absolute Gasteiger partial charge is 0.352 e. The van der Waals surface area contributed by atoms with Gasteiger partial charge in [-0.3, -0.25) is 14.3 Å². The molecule has 0 spiro atoms. The minimum absolute atomic E-state index is 0.0687. The van der Waals surface area contributed by atoms with Crippen molar-refractivity contribution in [1.82, 2.24) is 20.4 Å². The molecule has 140 valence electrons. The van der Waals surface area contributed by atoms with Crippen LogP contribution in [-0.2, 0) is 13.0 Å². The van der Waals surface area contributed by atoms with E-state index in [2.05, 4.69) is 15.7 Å². The van der Waals surface area contributed by atoms with E-state index in [1.54, 1.807) is 30.5 Å². The summed E-state index contributed by atoms with van der Waals surface area (Å²) in [6.07, 6.45) is 3.23. The van der Waals surface area contributed by atoms with E-state index in [0.717, 1.165) is 18.7 Å². The summed E-state index contributed by atoms with van der Waals surface area (Å²) in [5.74, 6) is -0.00741. The van der Waals surface area contributed by atoms with Crippen LogP contribution in [0.15, 0.2) is 30.5 Å². The minimum Gasteiger partial charge on any atom is -0.352 e. The van der Waals surface area contributed by atoms with Gasteiger partial charge in [-0.25, -0.2) is 0 Å². The van der Waals surface area contributed by atoms with E-state index in [-0.39, 0.29) is 23.8 Å². The quantitative estimate of drug-likeness (QED) is 0.845. The van der Waals surface area contributed by atoms with Crippen molar-refractivity contribution in [3.05, 3.63) is 52.8 Å². The van der Waals surface area contributed by atoms with Gasteiger partial charge in [-0.15, -0.1) is 0 Å². The predicted octanol–water partition coefficient (Wildman–Crippen LogP) is 1.89. The summed E-state index contributed by atoms with van der Waals surface area (Å²) < 4.78 is 1.88. The van der Waals surface area contributed by atoms with Crippen LogP contribution in [0.1, 0.15) is 52.2 Å². The summed E-state index contributed by atoms with van der Waals surface area (Å²) in [6.45, 7) is 5.13. The molecule has 7 heteroatoms. The molecule has 0 aliphatic carbocycles. The molecule has 1 aliphatic rings. The number of nitrogens with zero attached hydrogens (tertiary/aromatic N) is 3. The summed E-state index contributed by atoms with van der Waals surface area (Å²) in [5, 5.41) is 19.0. The van der Waals surface area contributed by atoms with Crippen molar-refractivity contribution in [3.63, 3.8) is 0 Å². The van der Waals surface area contributed by atoms with E-state index >= 15 is 0 Å². The maximum atomic E-state index is 12.3. The van der Waals surface area contributed by atoms with Gasteiger partial charge in [-0.05, 0) is 56.9 Å². The lowest BCUT2D eigenvalue weighted by Gasteiger charge is -2.24. The third-order valence-corrected chi connectivity index (χ3v) is 4.67. The Morgan fingerprint density at radius 1 is 1.30 bits per heavy atom. The summed E-state index contributed by atoms with van der Waals surface area (Å²) in [4.78, 5) is 24.6. The molecule has 0 unspecified atom stereocenters. The molecule has 1 aromatic carbocycles. The van der Waals surface area contributed by atoms with E-state index in [0.29, 0.717) is 29.7 Å². The van der Waals surface area contributed by atoms with Gasteiger partial charge in [-0.1, -0.05) is 0 Å². The second-order valence-electron chi connectivity index (χ2n) is 7.11. The van der Waals surface area contributed by atoms with E-state index < -0.39 is 0 Å². The number of hydrogen-bond acceptors (Lipinski definition) is 4. The number of carbonyl (C=O) groups is 2. The molecule has 1 aromatic heterocycles. The standard InChI is InChI=1S/C20H23N5O2/c1-13(2)24-20(27)17-12-23-25-8-7-15(9-18(17)25)11-22-19(26)16-5-3-14(10-21)4-6-16/h3-6,12-13,15H,7-9,11H2,1-2H3,(H,22,26)(H,24,27)/t15-/m0/s1. The zero-order valence-corrected chi connectivity index (χ0v) is 15.5. The number of aromatic nitrogens is 2. The first kappa shape index (κ1) is 18.6. The second kappa shape index (κ2) is 8.04. The van der Waals surface area contributed by atoms with Crippen molar-refractivity contribution < 1.29 is 9.59 Å². The molecule has 1 atom stereocenters. The fraction of sp³-hybridized carbons (Fsp3) is 0.400. The van der Waals surface area contributed by atoms with Crippen LogP contribution in [0, 0.1) is 17.2 Å². The maximum Gasteiger partial charge on any atom is 0.254 e. The average molecular weight is 365 g/mol. The first-order valence-electron chi connectivity index (χ1n) is 9.12. The Morgan fingerprint density at radius 2 is 2.04 bits per heavy atom. The molecule has 0 bridgehead atoms. The number of hydrogen-bond donors (Lipinski definition) is 2. The highest BCUT2D eigenvalue weighted by Crippen LogP contribution is 2.23. The Kier molecular flexibility index (Phi) is 5.55. The van der Waals surface area contributed by atoms with Gasteiger partial charge in [0.25, 0.3) is 11.8 Å². The van der Waals surface area contributed by atoms with Crippen molar-refractivity contribution >= 4 is 11.8 Å². The number of benzene rings is 1. The second-order valence-corrected chi connectivity index (χ2v) is 7.11. The number of amides is 2. The van der Waals surface area contributed by atoms with Gasteiger partial charge < -0.3 is 10.6 Å². The highest BCUT2D eigenvalue weighted by molar-refractivity contribution is 5.95. The summed E-state index contributed by atoms with van der Waals surface area (Å²) >= 11 is 0. The van der Waals surface area contributed by atoms with Crippen molar-refractivity contribution in [3.8, 4) is 6.07 Å². The number of carbonyl (C=O) groups excluding carboxylic acids is 2. The molecule has 0 saturated heterocycles.